The van der Waals surface area contributed by atoms with Crippen molar-refractivity contribution in [2.75, 3.05) is 7.11 Å². The zero-order chi connectivity index (χ0) is 11.5. The van der Waals surface area contributed by atoms with E-state index in [1.54, 1.807) is 31.4 Å². The van der Waals surface area contributed by atoms with Gasteiger partial charge in [-0.1, -0.05) is 12.1 Å². The first-order valence-corrected chi connectivity index (χ1v) is 4.90. The van der Waals surface area contributed by atoms with E-state index in [9.17, 15) is 9.90 Å². The van der Waals surface area contributed by atoms with E-state index in [1.165, 1.54) is 12.2 Å². The molecule has 2 unspecified atom stereocenters. The van der Waals surface area contributed by atoms with Crippen LogP contribution in [0.4, 0.5) is 0 Å². The van der Waals surface area contributed by atoms with Crippen molar-refractivity contribution in [3.8, 4) is 5.75 Å². The zero-order valence-electron chi connectivity index (χ0n) is 8.79. The fourth-order valence-corrected chi connectivity index (χ4v) is 1.54. The molecule has 1 aromatic rings. The molecule has 0 aromatic heterocycles. The van der Waals surface area contributed by atoms with E-state index in [4.69, 9.17) is 9.47 Å². The Bertz CT molecular complexity index is 408. The summed E-state index contributed by atoms with van der Waals surface area (Å²) < 4.78 is 10.2. The quantitative estimate of drug-likeness (QED) is 0.814. The van der Waals surface area contributed by atoms with E-state index in [0.29, 0.717) is 11.3 Å². The van der Waals surface area contributed by atoms with Crippen LogP contribution in [0.15, 0.2) is 36.4 Å². The average molecular weight is 220 g/mol. The summed E-state index contributed by atoms with van der Waals surface area (Å²) in [6.07, 6.45) is 0.904. The molecule has 84 valence electrons. The summed E-state index contributed by atoms with van der Waals surface area (Å²) in [6, 6.07) is 6.98. The standard InChI is InChI=1S/C12H12O4/c1-15-9-4-2-8(3-5-9)12-10(13)6-7-11(14)16-12/h2-7,11-12,14H,1H3. The molecule has 2 rings (SSSR count). The number of benzene rings is 1. The van der Waals surface area contributed by atoms with Crippen molar-refractivity contribution in [1.82, 2.24) is 0 Å². The van der Waals surface area contributed by atoms with Crippen molar-refractivity contribution in [2.45, 2.75) is 12.4 Å². The van der Waals surface area contributed by atoms with Crippen LogP contribution in [-0.4, -0.2) is 24.3 Å². The first-order valence-electron chi connectivity index (χ1n) is 4.90. The molecule has 1 heterocycles. The van der Waals surface area contributed by atoms with Crippen molar-refractivity contribution in [2.24, 2.45) is 0 Å². The lowest BCUT2D eigenvalue weighted by atomic mass is 10.0. The van der Waals surface area contributed by atoms with E-state index in [0.717, 1.165) is 0 Å². The lowest BCUT2D eigenvalue weighted by Crippen LogP contribution is -2.24. The molecule has 1 N–H and O–H groups in total. The van der Waals surface area contributed by atoms with Crippen molar-refractivity contribution in [1.29, 1.82) is 0 Å². The van der Waals surface area contributed by atoms with Crippen molar-refractivity contribution in [3.63, 3.8) is 0 Å². The highest BCUT2D eigenvalue weighted by Crippen LogP contribution is 2.25. The predicted octanol–water partition coefficient (Wildman–Crippen LogP) is 1.21. The van der Waals surface area contributed by atoms with Gasteiger partial charge in [0.2, 0.25) is 0 Å². The number of rotatable bonds is 2. The van der Waals surface area contributed by atoms with Gasteiger partial charge in [0.05, 0.1) is 7.11 Å². The molecule has 0 saturated carbocycles. The molecule has 4 heteroatoms. The summed E-state index contributed by atoms with van der Waals surface area (Å²) in [4.78, 5) is 11.5. The maximum Gasteiger partial charge on any atom is 0.188 e. The Kier molecular flexibility index (Phi) is 3.03. The summed E-state index contributed by atoms with van der Waals surface area (Å²) in [6.45, 7) is 0. The third-order valence-electron chi connectivity index (χ3n) is 2.38. The summed E-state index contributed by atoms with van der Waals surface area (Å²) in [5.41, 5.74) is 0.703. The Balaban J connectivity index is 2.23. The highest BCUT2D eigenvalue weighted by molar-refractivity contribution is 5.95. The van der Waals surface area contributed by atoms with Crippen LogP contribution < -0.4 is 4.74 Å². The second-order valence-corrected chi connectivity index (χ2v) is 3.44. The Morgan fingerprint density at radius 2 is 2.00 bits per heavy atom. The second-order valence-electron chi connectivity index (χ2n) is 3.44. The van der Waals surface area contributed by atoms with Crippen LogP contribution in [-0.2, 0) is 9.53 Å². The predicted molar refractivity (Wildman–Crippen MR) is 57.0 cm³/mol. The van der Waals surface area contributed by atoms with Crippen LogP contribution in [0.1, 0.15) is 11.7 Å². The molecular weight excluding hydrogens is 208 g/mol. The number of aliphatic hydroxyl groups excluding tert-OH is 1. The zero-order valence-corrected chi connectivity index (χ0v) is 8.79. The maximum atomic E-state index is 11.5. The van der Waals surface area contributed by atoms with Crippen LogP contribution in [0.2, 0.25) is 0 Å². The van der Waals surface area contributed by atoms with E-state index < -0.39 is 12.4 Å². The van der Waals surface area contributed by atoms with Gasteiger partial charge in [-0.2, -0.15) is 0 Å². The minimum atomic E-state index is -1.02. The summed E-state index contributed by atoms with van der Waals surface area (Å²) in [7, 11) is 1.57. The summed E-state index contributed by atoms with van der Waals surface area (Å²) >= 11 is 0. The van der Waals surface area contributed by atoms with Gasteiger partial charge in [-0.15, -0.1) is 0 Å². The molecule has 1 aliphatic rings. The average Bonchev–Trinajstić information content (AvgIpc) is 2.32. The van der Waals surface area contributed by atoms with Gasteiger partial charge in [0, 0.05) is 0 Å². The van der Waals surface area contributed by atoms with E-state index >= 15 is 0 Å². The van der Waals surface area contributed by atoms with Gasteiger partial charge in [-0.25, -0.2) is 0 Å². The smallest absolute Gasteiger partial charge is 0.188 e. The fraction of sp³-hybridized carbons (Fsp3) is 0.250. The van der Waals surface area contributed by atoms with Gasteiger partial charge in [0.1, 0.15) is 11.9 Å². The third-order valence-corrected chi connectivity index (χ3v) is 2.38. The lowest BCUT2D eigenvalue weighted by molar-refractivity contribution is -0.149. The van der Waals surface area contributed by atoms with Gasteiger partial charge >= 0.3 is 0 Å². The Morgan fingerprint density at radius 3 is 2.62 bits per heavy atom. The number of aliphatic hydroxyl groups is 1. The molecule has 0 radical (unpaired) electrons. The first kappa shape index (κ1) is 10.9. The Hall–Kier alpha value is -1.65. The van der Waals surface area contributed by atoms with Crippen LogP contribution >= 0.6 is 0 Å². The maximum absolute atomic E-state index is 11.5. The fourth-order valence-electron chi connectivity index (χ4n) is 1.54. The van der Waals surface area contributed by atoms with Crippen molar-refractivity contribution < 1.29 is 19.4 Å². The largest absolute Gasteiger partial charge is 0.497 e. The molecule has 1 aromatic carbocycles. The second kappa shape index (κ2) is 4.47. The number of ketones is 1. The van der Waals surface area contributed by atoms with E-state index in [2.05, 4.69) is 0 Å². The highest BCUT2D eigenvalue weighted by Gasteiger charge is 2.25. The summed E-state index contributed by atoms with van der Waals surface area (Å²) in [5.74, 6) is 0.540. The molecule has 0 amide bonds. The molecular formula is C12H12O4. The molecule has 4 nitrogen and oxygen atoms in total. The normalized spacial score (nSPS) is 24.5. The van der Waals surface area contributed by atoms with E-state index in [-0.39, 0.29) is 5.78 Å². The number of carbonyl (C=O) groups excluding carboxylic acids is 1. The minimum absolute atomic E-state index is 0.171. The van der Waals surface area contributed by atoms with Gasteiger partial charge in [0.15, 0.2) is 12.1 Å². The third kappa shape index (κ3) is 2.13. The minimum Gasteiger partial charge on any atom is -0.497 e. The molecule has 16 heavy (non-hydrogen) atoms. The molecule has 2 atom stereocenters. The highest BCUT2D eigenvalue weighted by atomic mass is 16.6. The number of hydrogen-bond donors (Lipinski definition) is 1. The van der Waals surface area contributed by atoms with Gasteiger partial charge < -0.3 is 14.6 Å². The van der Waals surface area contributed by atoms with Crippen LogP contribution in [0.25, 0.3) is 0 Å². The molecule has 0 bridgehead atoms. The molecule has 0 spiro atoms. The lowest BCUT2D eigenvalue weighted by Gasteiger charge is -2.21. The molecule has 0 aliphatic carbocycles. The van der Waals surface area contributed by atoms with E-state index in [1.807, 2.05) is 0 Å². The molecule has 1 aliphatic heterocycles. The van der Waals surface area contributed by atoms with Crippen LogP contribution in [0.5, 0.6) is 5.75 Å². The molecule has 0 fully saturated rings. The Labute approximate surface area is 93.1 Å². The Morgan fingerprint density at radius 1 is 1.31 bits per heavy atom. The van der Waals surface area contributed by atoms with Crippen molar-refractivity contribution >= 4 is 5.78 Å². The van der Waals surface area contributed by atoms with Gasteiger partial charge in [-0.05, 0) is 29.8 Å². The summed E-state index contributed by atoms with van der Waals surface area (Å²) in [5, 5.41) is 9.27. The van der Waals surface area contributed by atoms with Gasteiger partial charge in [0.25, 0.3) is 0 Å². The van der Waals surface area contributed by atoms with Gasteiger partial charge in [-0.3, -0.25) is 4.79 Å². The molecule has 0 saturated heterocycles. The van der Waals surface area contributed by atoms with Crippen LogP contribution in [0.3, 0.4) is 0 Å². The topological polar surface area (TPSA) is 55.8 Å². The van der Waals surface area contributed by atoms with Crippen molar-refractivity contribution in [3.05, 3.63) is 42.0 Å². The number of methoxy groups -OCH3 is 1. The first-order chi connectivity index (χ1) is 7.70. The van der Waals surface area contributed by atoms with Crippen LogP contribution in [0, 0.1) is 0 Å². The number of carbonyl (C=O) groups is 1. The SMILES string of the molecule is COc1ccc(C2OC(O)C=CC2=O)cc1. The number of hydrogen-bond acceptors (Lipinski definition) is 4. The number of ether oxygens (including phenoxy) is 2. The monoisotopic (exact) mass is 220 g/mol.